The number of fused-ring (bicyclic) bond motifs is 6. The highest BCUT2D eigenvalue weighted by atomic mass is 16.6. The van der Waals surface area contributed by atoms with Crippen molar-refractivity contribution in [1.82, 2.24) is 0 Å². The van der Waals surface area contributed by atoms with Gasteiger partial charge in [0.05, 0.1) is 44.4 Å². The molecule has 3 aliphatic carbocycles. The molecule has 1 saturated carbocycles. The van der Waals surface area contributed by atoms with E-state index in [1.165, 1.54) is 114 Å². The number of piperidine rings is 3. The fraction of sp³-hybridized carbons (Fsp3) is 0.679. The van der Waals surface area contributed by atoms with Gasteiger partial charge in [-0.05, 0) is 69.6 Å². The summed E-state index contributed by atoms with van der Waals surface area (Å²) in [5, 5.41) is 12.1. The number of aliphatic hydroxyl groups excluding tert-OH is 1. The van der Waals surface area contributed by atoms with Crippen LogP contribution in [0.1, 0.15) is 82.1 Å². The second-order valence-corrected chi connectivity index (χ2v) is 22.1. The lowest BCUT2D eigenvalue weighted by molar-refractivity contribution is -1.09. The van der Waals surface area contributed by atoms with Crippen LogP contribution >= 0.6 is 0 Å². The molecule has 0 amide bonds. The third-order valence-corrected chi connectivity index (χ3v) is 18.6. The van der Waals surface area contributed by atoms with Gasteiger partial charge in [-0.25, -0.2) is 14.4 Å². The number of carbonyl (C=O) groups excluding carboxylic acids is 3. The van der Waals surface area contributed by atoms with Crippen LogP contribution in [0.15, 0.2) is 71.9 Å². The lowest BCUT2D eigenvalue weighted by Gasteiger charge is -2.56. The van der Waals surface area contributed by atoms with Crippen LogP contribution < -0.4 is 0 Å². The Morgan fingerprint density at radius 3 is 2.31 bits per heavy atom. The van der Waals surface area contributed by atoms with Gasteiger partial charge in [-0.1, -0.05) is 62.4 Å². The second-order valence-electron chi connectivity index (χ2n) is 22.1. The van der Waals surface area contributed by atoms with Crippen molar-refractivity contribution in [3.05, 3.63) is 83.0 Å². The lowest BCUT2D eigenvalue weighted by atomic mass is 9.57. The number of esters is 3. The Balaban J connectivity index is 0.813. The number of hydrogen-bond acceptors (Lipinski definition) is 9. The van der Waals surface area contributed by atoms with E-state index in [1.54, 1.807) is 13.0 Å². The maximum absolute atomic E-state index is 14.0. The maximum atomic E-state index is 14.0. The standard InChI is InChI=1S/C53H74N3O9/c1-34-30-35(2)53-42(14-15-43-45(53)46(57)36(3)48(49(43)65-53)64-50(58)40-11-6-7-12-40)32-44(61-5)52(60)63-47(34)37(4)62-51(59)41-13-8-10-39(31-41)33-56-27-24-55(25-28-56,26-29-56)20-9-19-54-21-16-38(17-22-54)18-23-54/h6-8,10-11,13-15,30-31,34,36-38,42-49,57H,9,12,16-29,32-33H2,1-5H3/q+3/b35-30+/t34-,36-,37-,38?,42?,43-,44+,45+,46-,47+,48-,49-,53+,54?,55?,56?/m1/s1. The van der Waals surface area contributed by atoms with Gasteiger partial charge in [0.15, 0.2) is 6.10 Å². The molecular formula is C53H74N3O9+3. The van der Waals surface area contributed by atoms with E-state index in [0.717, 1.165) is 28.1 Å². The number of quaternary nitrogens is 3. The van der Waals surface area contributed by atoms with Gasteiger partial charge >= 0.3 is 17.9 Å². The number of ether oxygens (including phenoxy) is 5. The summed E-state index contributed by atoms with van der Waals surface area (Å²) in [6.45, 7) is 22.8. The summed E-state index contributed by atoms with van der Waals surface area (Å²) in [5.41, 5.74) is 2.12. The number of benzene rings is 1. The van der Waals surface area contributed by atoms with Crippen LogP contribution in [0, 0.1) is 35.5 Å². The van der Waals surface area contributed by atoms with Crippen LogP contribution in [0.25, 0.3) is 0 Å². The van der Waals surface area contributed by atoms with Crippen LogP contribution in [-0.2, 0) is 39.8 Å². The van der Waals surface area contributed by atoms with Crippen molar-refractivity contribution in [3.63, 3.8) is 0 Å². The second kappa shape index (κ2) is 17.5. The Bertz CT molecular complexity index is 2100. The fourth-order valence-electron chi connectivity index (χ4n) is 14.5. The van der Waals surface area contributed by atoms with Gasteiger partial charge in [0.1, 0.15) is 75.8 Å². The smallest absolute Gasteiger partial charge is 0.338 e. The van der Waals surface area contributed by atoms with E-state index in [0.29, 0.717) is 17.6 Å². The number of piperazine rings is 3. The molecule has 8 heterocycles. The van der Waals surface area contributed by atoms with Crippen LogP contribution in [0.2, 0.25) is 0 Å². The average Bonchev–Trinajstić information content (AvgIpc) is 3.93. The topological polar surface area (TPSA) is 118 Å². The van der Waals surface area contributed by atoms with E-state index in [9.17, 15) is 19.5 Å². The lowest BCUT2D eigenvalue weighted by Crippen LogP contribution is -2.74. The number of hydrogen-bond donors (Lipinski definition) is 1. The molecule has 11 aliphatic rings. The molecule has 65 heavy (non-hydrogen) atoms. The largest absolute Gasteiger partial charge is 0.456 e. The Hall–Kier alpha value is -3.65. The first kappa shape index (κ1) is 45.1. The highest BCUT2D eigenvalue weighted by Gasteiger charge is 2.69. The maximum Gasteiger partial charge on any atom is 0.338 e. The average molecular weight is 897 g/mol. The number of aliphatic hydroxyl groups is 1. The van der Waals surface area contributed by atoms with E-state index < -0.39 is 66.1 Å². The number of rotatable bonds is 12. The molecule has 1 aromatic rings. The summed E-state index contributed by atoms with van der Waals surface area (Å²) in [5.74, 6) is -2.04. The first-order chi connectivity index (χ1) is 31.3. The Morgan fingerprint density at radius 2 is 1.63 bits per heavy atom. The highest BCUT2D eigenvalue weighted by molar-refractivity contribution is 5.90. The van der Waals surface area contributed by atoms with Crippen molar-refractivity contribution >= 4 is 17.9 Å². The summed E-state index contributed by atoms with van der Waals surface area (Å²) >= 11 is 0. The van der Waals surface area contributed by atoms with E-state index >= 15 is 0 Å². The third-order valence-electron chi connectivity index (χ3n) is 18.6. The number of allylic oxidation sites excluding steroid dienone is 3. The van der Waals surface area contributed by atoms with Gasteiger partial charge in [0.25, 0.3) is 0 Å². The molecule has 1 unspecified atom stereocenters. The van der Waals surface area contributed by atoms with Crippen LogP contribution in [-0.4, -0.2) is 158 Å². The Morgan fingerprint density at radius 1 is 0.938 bits per heavy atom. The van der Waals surface area contributed by atoms with E-state index in [1.807, 2.05) is 51.1 Å². The van der Waals surface area contributed by atoms with Gasteiger partial charge in [-0.15, -0.1) is 0 Å². The summed E-state index contributed by atoms with van der Waals surface area (Å²) in [6, 6.07) is 7.92. The first-order valence-electron chi connectivity index (χ1n) is 25.1. The van der Waals surface area contributed by atoms with Crippen LogP contribution in [0.4, 0.5) is 0 Å². The zero-order valence-electron chi connectivity index (χ0n) is 39.5. The number of cyclic esters (lactones) is 1. The van der Waals surface area contributed by atoms with Crippen LogP contribution in [0.3, 0.4) is 0 Å². The Kier molecular flexibility index (Phi) is 12.1. The first-order valence-corrected chi connectivity index (χ1v) is 25.1. The predicted molar refractivity (Wildman–Crippen MR) is 244 cm³/mol. The quantitative estimate of drug-likeness (QED) is 0.122. The van der Waals surface area contributed by atoms with E-state index in [-0.39, 0.29) is 30.1 Å². The van der Waals surface area contributed by atoms with E-state index in [4.69, 9.17) is 23.7 Å². The van der Waals surface area contributed by atoms with E-state index in [2.05, 4.69) is 24.3 Å². The molecule has 0 radical (unpaired) electrons. The summed E-state index contributed by atoms with van der Waals surface area (Å²) < 4.78 is 35.4. The molecule has 12 rings (SSSR count). The number of nitrogens with zero attached hydrogens (tertiary/aromatic N) is 3. The number of methoxy groups -OCH3 is 1. The summed E-state index contributed by atoms with van der Waals surface area (Å²) in [6.07, 6.45) is 13.7. The zero-order valence-corrected chi connectivity index (χ0v) is 39.5. The van der Waals surface area contributed by atoms with Crippen molar-refractivity contribution in [3.8, 4) is 0 Å². The number of carbonyl (C=O) groups is 3. The molecular weight excluding hydrogens is 823 g/mol. The molecule has 8 fully saturated rings. The van der Waals surface area contributed by atoms with Gasteiger partial charge < -0.3 is 42.2 Å². The monoisotopic (exact) mass is 897 g/mol. The molecule has 0 aromatic heterocycles. The predicted octanol–water partition coefficient (Wildman–Crippen LogP) is 5.69. The molecule has 12 nitrogen and oxygen atoms in total. The van der Waals surface area contributed by atoms with Crippen LogP contribution in [0.5, 0.6) is 0 Å². The summed E-state index contributed by atoms with van der Waals surface area (Å²) in [7, 11) is 1.50. The van der Waals surface area contributed by atoms with Crippen molar-refractivity contribution in [2.24, 2.45) is 35.5 Å². The van der Waals surface area contributed by atoms with Crippen molar-refractivity contribution in [1.29, 1.82) is 0 Å². The molecule has 352 valence electrons. The SMILES string of the molecule is CO[C@H]1CC2C=C[C@H]3[C@H]4O[C@]2(/C(C)=C/[C@@H](C)[C@@H]([C@@H](C)OC(=O)c2cccc(C[N+]56CC[N+](CCC[N+]78CCC(CC7)CC8)(CC5)CC6)c2)OC1=O)[C@@H]3[C@H](O)[C@@H](C)[C@H]4OC(=O)C1=CC=CC1. The molecule has 7 saturated heterocycles. The minimum absolute atomic E-state index is 0.204. The highest BCUT2D eigenvalue weighted by Crippen LogP contribution is 2.61. The molecule has 8 bridgehead atoms. The van der Waals surface area contributed by atoms with Gasteiger partial charge in [-0.3, -0.25) is 0 Å². The third kappa shape index (κ3) is 8.09. The van der Waals surface area contributed by atoms with Gasteiger partial charge in [-0.2, -0.15) is 0 Å². The fourth-order valence-corrected chi connectivity index (χ4v) is 14.5. The molecule has 12 atom stereocenters. The molecule has 1 N–H and O–H groups in total. The minimum atomic E-state index is -0.997. The van der Waals surface area contributed by atoms with Crippen molar-refractivity contribution < 1.29 is 56.6 Å². The molecule has 1 spiro atoms. The normalized spacial score (nSPS) is 43.8. The van der Waals surface area contributed by atoms with Gasteiger partial charge in [0.2, 0.25) is 0 Å². The summed E-state index contributed by atoms with van der Waals surface area (Å²) in [4.78, 5) is 41.4. The molecule has 8 aliphatic heterocycles. The molecule has 12 heteroatoms. The Labute approximate surface area is 386 Å². The van der Waals surface area contributed by atoms with Crippen molar-refractivity contribution in [2.45, 2.75) is 115 Å². The molecule has 1 aromatic carbocycles. The zero-order chi connectivity index (χ0) is 45.3. The van der Waals surface area contributed by atoms with Crippen molar-refractivity contribution in [2.75, 3.05) is 79.1 Å². The minimum Gasteiger partial charge on any atom is -0.456 e. The van der Waals surface area contributed by atoms with Gasteiger partial charge in [0, 0.05) is 54.3 Å².